The Hall–Kier alpha value is -2.14. The molecule has 24 heavy (non-hydrogen) atoms. The van der Waals surface area contributed by atoms with Crippen molar-refractivity contribution in [3.8, 4) is 5.75 Å². The molecule has 5 heteroatoms. The number of carbonyl (C=O) groups is 1. The highest BCUT2D eigenvalue weighted by molar-refractivity contribution is 5.95. The van der Waals surface area contributed by atoms with Crippen molar-refractivity contribution in [2.75, 3.05) is 20.3 Å². The second kappa shape index (κ2) is 6.40. The molecule has 1 aromatic heterocycles. The average Bonchev–Trinajstić information content (AvgIpc) is 2.66. The third-order valence-corrected chi connectivity index (χ3v) is 5.11. The van der Waals surface area contributed by atoms with Gasteiger partial charge in [0.1, 0.15) is 11.4 Å². The Balaban J connectivity index is 1.62. The first-order valence-corrected chi connectivity index (χ1v) is 8.63. The van der Waals surface area contributed by atoms with E-state index in [0.29, 0.717) is 18.8 Å². The number of benzene rings is 1. The number of hydrogen-bond acceptors (Lipinski definition) is 4. The summed E-state index contributed by atoms with van der Waals surface area (Å²) in [5.41, 5.74) is 1.33. The average molecular weight is 326 g/mol. The van der Waals surface area contributed by atoms with E-state index in [0.717, 1.165) is 29.5 Å². The van der Waals surface area contributed by atoms with Gasteiger partial charge in [-0.15, -0.1) is 0 Å². The molecule has 2 heterocycles. The Kier molecular flexibility index (Phi) is 4.10. The molecule has 1 aliphatic carbocycles. The second-order valence-electron chi connectivity index (χ2n) is 6.51. The number of morpholine rings is 1. The predicted octanol–water partition coefficient (Wildman–Crippen LogP) is 3.03. The van der Waals surface area contributed by atoms with E-state index >= 15 is 0 Å². The van der Waals surface area contributed by atoms with Crippen LogP contribution in [0.25, 0.3) is 10.9 Å². The van der Waals surface area contributed by atoms with E-state index in [1.165, 1.54) is 12.8 Å². The zero-order valence-corrected chi connectivity index (χ0v) is 13.9. The molecule has 2 fully saturated rings. The van der Waals surface area contributed by atoms with Crippen LogP contribution in [0.5, 0.6) is 5.75 Å². The summed E-state index contributed by atoms with van der Waals surface area (Å²) in [5, 5.41) is 0.975. The van der Waals surface area contributed by atoms with Crippen molar-refractivity contribution >= 4 is 16.8 Å². The number of carbonyl (C=O) groups excluding carboxylic acids is 1. The summed E-state index contributed by atoms with van der Waals surface area (Å²) >= 11 is 0. The van der Waals surface area contributed by atoms with E-state index < -0.39 is 0 Å². The first kappa shape index (κ1) is 15.4. The molecule has 1 aliphatic heterocycles. The molecule has 2 unspecified atom stereocenters. The molecule has 126 valence electrons. The summed E-state index contributed by atoms with van der Waals surface area (Å²) in [6.07, 6.45) is 4.64. The van der Waals surface area contributed by atoms with Crippen molar-refractivity contribution in [2.45, 2.75) is 37.8 Å². The number of fused-ring (bicyclic) bond motifs is 2. The number of ether oxygens (including phenoxy) is 2. The summed E-state index contributed by atoms with van der Waals surface area (Å²) in [7, 11) is 1.64. The van der Waals surface area contributed by atoms with Gasteiger partial charge in [-0.2, -0.15) is 0 Å². The first-order chi connectivity index (χ1) is 11.8. The number of rotatable bonds is 2. The highest BCUT2D eigenvalue weighted by atomic mass is 16.5. The molecule has 2 aromatic rings. The Bertz CT molecular complexity index is 759. The van der Waals surface area contributed by atoms with Crippen molar-refractivity contribution in [1.82, 2.24) is 9.88 Å². The van der Waals surface area contributed by atoms with Gasteiger partial charge < -0.3 is 14.4 Å². The minimum Gasteiger partial charge on any atom is -0.497 e. The Labute approximate surface area is 141 Å². The summed E-state index contributed by atoms with van der Waals surface area (Å²) in [6.45, 7) is 1.28. The van der Waals surface area contributed by atoms with Gasteiger partial charge in [-0.1, -0.05) is 18.9 Å². The quantitative estimate of drug-likeness (QED) is 0.851. The van der Waals surface area contributed by atoms with Gasteiger partial charge in [0.05, 0.1) is 31.4 Å². The Morgan fingerprint density at radius 3 is 3.00 bits per heavy atom. The van der Waals surface area contributed by atoms with Crippen molar-refractivity contribution in [1.29, 1.82) is 0 Å². The molecule has 1 saturated carbocycles. The van der Waals surface area contributed by atoms with Crippen LogP contribution in [0.3, 0.4) is 0 Å². The Morgan fingerprint density at radius 2 is 2.12 bits per heavy atom. The van der Waals surface area contributed by atoms with Crippen LogP contribution in [0.1, 0.15) is 36.2 Å². The number of amides is 1. The van der Waals surface area contributed by atoms with Gasteiger partial charge in [-0.3, -0.25) is 4.79 Å². The second-order valence-corrected chi connectivity index (χ2v) is 6.51. The van der Waals surface area contributed by atoms with Crippen LogP contribution in [0.15, 0.2) is 30.3 Å². The van der Waals surface area contributed by atoms with Crippen LogP contribution in [-0.4, -0.2) is 48.2 Å². The molecule has 2 aliphatic rings. The SMILES string of the molecule is COc1ccc2nc(C(=O)N3CCOC4CCCCC43)ccc2c1. The van der Waals surface area contributed by atoms with Gasteiger partial charge in [0.25, 0.3) is 5.91 Å². The maximum Gasteiger partial charge on any atom is 0.272 e. The molecule has 0 N–H and O–H groups in total. The molecule has 5 nitrogen and oxygen atoms in total. The van der Waals surface area contributed by atoms with Gasteiger partial charge in [0.15, 0.2) is 0 Å². The maximum absolute atomic E-state index is 13.0. The molecule has 0 bridgehead atoms. The number of nitrogens with zero attached hydrogens (tertiary/aromatic N) is 2. The molecule has 1 amide bonds. The van der Waals surface area contributed by atoms with Gasteiger partial charge in [-0.25, -0.2) is 4.98 Å². The smallest absolute Gasteiger partial charge is 0.272 e. The van der Waals surface area contributed by atoms with E-state index in [1.807, 2.05) is 35.2 Å². The van der Waals surface area contributed by atoms with E-state index in [9.17, 15) is 4.79 Å². The zero-order chi connectivity index (χ0) is 16.5. The summed E-state index contributed by atoms with van der Waals surface area (Å²) in [5.74, 6) is 0.814. The van der Waals surface area contributed by atoms with Gasteiger partial charge in [-0.05, 0) is 37.1 Å². The number of methoxy groups -OCH3 is 1. The fourth-order valence-electron chi connectivity index (χ4n) is 3.85. The van der Waals surface area contributed by atoms with Crippen LogP contribution in [0.4, 0.5) is 0 Å². The third-order valence-electron chi connectivity index (χ3n) is 5.11. The highest BCUT2D eigenvalue weighted by Gasteiger charge is 2.37. The predicted molar refractivity (Wildman–Crippen MR) is 91.3 cm³/mol. The first-order valence-electron chi connectivity index (χ1n) is 8.63. The molecule has 0 radical (unpaired) electrons. The largest absolute Gasteiger partial charge is 0.497 e. The van der Waals surface area contributed by atoms with Crippen molar-refractivity contribution in [3.63, 3.8) is 0 Å². The lowest BCUT2D eigenvalue weighted by Crippen LogP contribution is -2.54. The summed E-state index contributed by atoms with van der Waals surface area (Å²) in [4.78, 5) is 19.6. The summed E-state index contributed by atoms with van der Waals surface area (Å²) in [6, 6.07) is 9.66. The fourth-order valence-corrected chi connectivity index (χ4v) is 3.85. The molecule has 2 atom stereocenters. The van der Waals surface area contributed by atoms with Crippen molar-refractivity contribution in [2.24, 2.45) is 0 Å². The molecular weight excluding hydrogens is 304 g/mol. The van der Waals surface area contributed by atoms with Crippen LogP contribution in [0.2, 0.25) is 0 Å². The van der Waals surface area contributed by atoms with E-state index in [1.54, 1.807) is 7.11 Å². The standard InChI is InChI=1S/C19H22N2O3/c1-23-14-7-9-15-13(12-14)6-8-16(20-15)19(22)21-10-11-24-18-5-3-2-4-17(18)21/h6-9,12,17-18H,2-5,10-11H2,1H3. The lowest BCUT2D eigenvalue weighted by atomic mass is 9.90. The van der Waals surface area contributed by atoms with Crippen LogP contribution >= 0.6 is 0 Å². The highest BCUT2D eigenvalue weighted by Crippen LogP contribution is 2.29. The molecule has 1 aromatic carbocycles. The summed E-state index contributed by atoms with van der Waals surface area (Å²) < 4.78 is 11.1. The number of pyridine rings is 1. The van der Waals surface area contributed by atoms with E-state index in [4.69, 9.17) is 9.47 Å². The minimum atomic E-state index is 0.0212. The lowest BCUT2D eigenvalue weighted by molar-refractivity contribution is -0.0754. The number of aromatic nitrogens is 1. The molecule has 4 rings (SSSR count). The zero-order valence-electron chi connectivity index (χ0n) is 13.9. The van der Waals surface area contributed by atoms with Gasteiger partial charge >= 0.3 is 0 Å². The van der Waals surface area contributed by atoms with Crippen LogP contribution in [0, 0.1) is 0 Å². The van der Waals surface area contributed by atoms with E-state index in [2.05, 4.69) is 4.98 Å². The molecular formula is C19H22N2O3. The third kappa shape index (κ3) is 2.73. The lowest BCUT2D eigenvalue weighted by Gasteiger charge is -2.43. The normalized spacial score (nSPS) is 23.8. The minimum absolute atomic E-state index is 0.0212. The number of hydrogen-bond donors (Lipinski definition) is 0. The van der Waals surface area contributed by atoms with Gasteiger partial charge in [0, 0.05) is 11.9 Å². The maximum atomic E-state index is 13.0. The van der Waals surface area contributed by atoms with Crippen molar-refractivity contribution < 1.29 is 14.3 Å². The van der Waals surface area contributed by atoms with Crippen molar-refractivity contribution in [3.05, 3.63) is 36.0 Å². The van der Waals surface area contributed by atoms with Crippen LogP contribution in [-0.2, 0) is 4.74 Å². The molecule has 0 spiro atoms. The fraction of sp³-hybridized carbons (Fsp3) is 0.474. The molecule has 1 saturated heterocycles. The topological polar surface area (TPSA) is 51.7 Å². The van der Waals surface area contributed by atoms with Gasteiger partial charge in [0.2, 0.25) is 0 Å². The monoisotopic (exact) mass is 326 g/mol. The van der Waals surface area contributed by atoms with E-state index in [-0.39, 0.29) is 18.1 Å². The Morgan fingerprint density at radius 1 is 1.25 bits per heavy atom. The van der Waals surface area contributed by atoms with Crippen LogP contribution < -0.4 is 4.74 Å².